The summed E-state index contributed by atoms with van der Waals surface area (Å²) < 4.78 is 45.9. The van der Waals surface area contributed by atoms with Crippen molar-refractivity contribution in [3.63, 3.8) is 0 Å². The third kappa shape index (κ3) is 5.68. The molecule has 0 amide bonds. The Bertz CT molecular complexity index is 1120. The summed E-state index contributed by atoms with van der Waals surface area (Å²) in [4.78, 5) is 0.101. The minimum absolute atomic E-state index is 0.101. The first kappa shape index (κ1) is 21.5. The molecule has 0 aliphatic carbocycles. The van der Waals surface area contributed by atoms with Gasteiger partial charge in [-0.05, 0) is 66.3 Å². The van der Waals surface area contributed by atoms with Crippen LogP contribution in [0.15, 0.2) is 77.7 Å². The molecule has 6 nitrogen and oxygen atoms in total. The molecule has 3 aromatic rings. The van der Waals surface area contributed by atoms with Gasteiger partial charge in [-0.15, -0.1) is 0 Å². The van der Waals surface area contributed by atoms with Gasteiger partial charge in [0.25, 0.3) is 10.0 Å². The van der Waals surface area contributed by atoms with E-state index in [0.29, 0.717) is 28.8 Å². The maximum atomic E-state index is 12.9. The standard InChI is InChI=1S/C21H20FN3O3S2/c1-28-20-5-3-2-4-19(20)25-30(26,27)18-12-10-17(11-13-18)24-21(29)23-14-15-6-8-16(22)9-7-15/h2-13,25H,14H2,1H3,(H2,23,24,29). The van der Waals surface area contributed by atoms with E-state index >= 15 is 0 Å². The molecule has 0 radical (unpaired) electrons. The second kappa shape index (κ2) is 9.55. The number of para-hydroxylation sites is 2. The molecule has 0 unspecified atom stereocenters. The Balaban J connectivity index is 1.61. The van der Waals surface area contributed by atoms with E-state index in [1.807, 2.05) is 0 Å². The van der Waals surface area contributed by atoms with E-state index in [0.717, 1.165) is 5.56 Å². The van der Waals surface area contributed by atoms with E-state index < -0.39 is 10.0 Å². The highest BCUT2D eigenvalue weighted by molar-refractivity contribution is 7.92. The highest BCUT2D eigenvalue weighted by Crippen LogP contribution is 2.26. The third-order valence-corrected chi connectivity index (χ3v) is 5.77. The fourth-order valence-corrected chi connectivity index (χ4v) is 3.87. The molecular weight excluding hydrogens is 425 g/mol. The molecule has 0 aromatic heterocycles. The quantitative estimate of drug-likeness (QED) is 0.475. The molecule has 0 bridgehead atoms. The Labute approximate surface area is 180 Å². The SMILES string of the molecule is COc1ccccc1NS(=O)(=O)c1ccc(NC(=S)NCc2ccc(F)cc2)cc1. The number of rotatable bonds is 7. The van der Waals surface area contributed by atoms with Crippen molar-refractivity contribution in [3.05, 3.63) is 84.2 Å². The summed E-state index contributed by atoms with van der Waals surface area (Å²) >= 11 is 5.24. The summed E-state index contributed by atoms with van der Waals surface area (Å²) in [5.74, 6) is 0.131. The molecule has 0 aliphatic rings. The van der Waals surface area contributed by atoms with E-state index in [1.165, 1.54) is 31.4 Å². The maximum absolute atomic E-state index is 12.9. The molecule has 0 aliphatic heterocycles. The molecular formula is C21H20FN3O3S2. The smallest absolute Gasteiger partial charge is 0.262 e. The normalized spacial score (nSPS) is 10.9. The van der Waals surface area contributed by atoms with Crippen LogP contribution in [0, 0.1) is 5.82 Å². The summed E-state index contributed by atoms with van der Waals surface area (Å²) in [6, 6.07) is 19.0. The first-order valence-electron chi connectivity index (χ1n) is 8.92. The van der Waals surface area contributed by atoms with Crippen LogP contribution in [0.2, 0.25) is 0 Å². The van der Waals surface area contributed by atoms with Crippen LogP contribution in [0.25, 0.3) is 0 Å². The fraction of sp³-hybridized carbons (Fsp3) is 0.0952. The second-order valence-corrected chi connectivity index (χ2v) is 8.35. The third-order valence-electron chi connectivity index (χ3n) is 4.14. The fourth-order valence-electron chi connectivity index (χ4n) is 2.61. The number of hydrogen-bond acceptors (Lipinski definition) is 4. The molecule has 156 valence electrons. The molecule has 3 aromatic carbocycles. The first-order valence-corrected chi connectivity index (χ1v) is 10.8. The molecule has 3 N–H and O–H groups in total. The zero-order valence-electron chi connectivity index (χ0n) is 16.1. The topological polar surface area (TPSA) is 79.5 Å². The van der Waals surface area contributed by atoms with E-state index in [4.69, 9.17) is 17.0 Å². The van der Waals surface area contributed by atoms with E-state index in [1.54, 1.807) is 48.5 Å². The van der Waals surface area contributed by atoms with Crippen molar-refractivity contribution in [1.29, 1.82) is 0 Å². The lowest BCUT2D eigenvalue weighted by Gasteiger charge is -2.13. The first-order chi connectivity index (χ1) is 14.4. The van der Waals surface area contributed by atoms with Crippen molar-refractivity contribution in [2.75, 3.05) is 17.1 Å². The van der Waals surface area contributed by atoms with Gasteiger partial charge in [-0.25, -0.2) is 12.8 Å². The van der Waals surface area contributed by atoms with Crippen LogP contribution in [0.5, 0.6) is 5.75 Å². The van der Waals surface area contributed by atoms with Crippen molar-refractivity contribution < 1.29 is 17.5 Å². The number of ether oxygens (including phenoxy) is 1. The van der Waals surface area contributed by atoms with E-state index in [-0.39, 0.29) is 10.7 Å². The average Bonchev–Trinajstić information content (AvgIpc) is 2.74. The van der Waals surface area contributed by atoms with E-state index in [9.17, 15) is 12.8 Å². The van der Waals surface area contributed by atoms with Gasteiger partial charge >= 0.3 is 0 Å². The lowest BCUT2D eigenvalue weighted by molar-refractivity contribution is 0.417. The van der Waals surface area contributed by atoms with Gasteiger partial charge in [-0.3, -0.25) is 4.72 Å². The lowest BCUT2D eigenvalue weighted by Crippen LogP contribution is -2.27. The van der Waals surface area contributed by atoms with Gasteiger partial charge in [-0.2, -0.15) is 0 Å². The molecule has 0 spiro atoms. The molecule has 0 saturated heterocycles. The summed E-state index contributed by atoms with van der Waals surface area (Å²) in [5.41, 5.74) is 1.86. The monoisotopic (exact) mass is 445 g/mol. The summed E-state index contributed by atoms with van der Waals surface area (Å²) in [6.45, 7) is 0.432. The highest BCUT2D eigenvalue weighted by atomic mass is 32.2. The van der Waals surface area contributed by atoms with Crippen molar-refractivity contribution in [3.8, 4) is 5.75 Å². The minimum atomic E-state index is -3.78. The van der Waals surface area contributed by atoms with Crippen LogP contribution in [0.4, 0.5) is 15.8 Å². The van der Waals surface area contributed by atoms with E-state index in [2.05, 4.69) is 15.4 Å². The predicted molar refractivity (Wildman–Crippen MR) is 120 cm³/mol. The van der Waals surface area contributed by atoms with Crippen molar-refractivity contribution in [2.24, 2.45) is 0 Å². The molecule has 0 fully saturated rings. The lowest BCUT2D eigenvalue weighted by atomic mass is 10.2. The van der Waals surface area contributed by atoms with Gasteiger partial charge in [0.2, 0.25) is 0 Å². The number of benzene rings is 3. The maximum Gasteiger partial charge on any atom is 0.262 e. The number of halogens is 1. The second-order valence-electron chi connectivity index (χ2n) is 6.26. The summed E-state index contributed by atoms with van der Waals surface area (Å²) in [6.07, 6.45) is 0. The van der Waals surface area contributed by atoms with Crippen molar-refractivity contribution in [2.45, 2.75) is 11.4 Å². The van der Waals surface area contributed by atoms with Crippen molar-refractivity contribution >= 4 is 38.7 Å². The molecule has 30 heavy (non-hydrogen) atoms. The van der Waals surface area contributed by atoms with Gasteiger partial charge < -0.3 is 15.4 Å². The Morgan fingerprint density at radius 3 is 2.33 bits per heavy atom. The number of methoxy groups -OCH3 is 1. The zero-order chi connectivity index (χ0) is 21.6. The van der Waals surface area contributed by atoms with Crippen LogP contribution in [0.3, 0.4) is 0 Å². The Morgan fingerprint density at radius 1 is 1.00 bits per heavy atom. The van der Waals surface area contributed by atoms with Crippen LogP contribution in [-0.4, -0.2) is 20.6 Å². The highest BCUT2D eigenvalue weighted by Gasteiger charge is 2.16. The predicted octanol–water partition coefficient (Wildman–Crippen LogP) is 4.12. The summed E-state index contributed by atoms with van der Waals surface area (Å²) in [5, 5.41) is 6.35. The number of hydrogen-bond donors (Lipinski definition) is 3. The van der Waals surface area contributed by atoms with Gasteiger partial charge in [0.1, 0.15) is 11.6 Å². The van der Waals surface area contributed by atoms with Crippen LogP contribution in [-0.2, 0) is 16.6 Å². The molecule has 3 rings (SSSR count). The number of anilines is 2. The zero-order valence-corrected chi connectivity index (χ0v) is 17.7. The van der Waals surface area contributed by atoms with Crippen molar-refractivity contribution in [1.82, 2.24) is 5.32 Å². The number of nitrogens with one attached hydrogen (secondary N) is 3. The van der Waals surface area contributed by atoms with Gasteiger partial charge in [0.15, 0.2) is 5.11 Å². The molecule has 0 heterocycles. The Morgan fingerprint density at radius 2 is 1.67 bits per heavy atom. The minimum Gasteiger partial charge on any atom is -0.495 e. The van der Waals surface area contributed by atoms with Gasteiger partial charge in [0, 0.05) is 12.2 Å². The molecule has 0 saturated carbocycles. The number of thiocarbonyl (C=S) groups is 1. The average molecular weight is 446 g/mol. The Kier molecular flexibility index (Phi) is 6.86. The number of sulfonamides is 1. The van der Waals surface area contributed by atoms with Crippen LogP contribution < -0.4 is 20.1 Å². The molecule has 9 heteroatoms. The van der Waals surface area contributed by atoms with Gasteiger partial charge in [-0.1, -0.05) is 24.3 Å². The summed E-state index contributed by atoms with van der Waals surface area (Å²) in [7, 11) is -2.30. The van der Waals surface area contributed by atoms with Crippen LogP contribution >= 0.6 is 12.2 Å². The Hall–Kier alpha value is -3.17. The van der Waals surface area contributed by atoms with Gasteiger partial charge in [0.05, 0.1) is 17.7 Å². The molecule has 0 atom stereocenters. The largest absolute Gasteiger partial charge is 0.495 e. The van der Waals surface area contributed by atoms with Crippen LogP contribution in [0.1, 0.15) is 5.56 Å².